The van der Waals surface area contributed by atoms with E-state index in [1.165, 1.54) is 29.5 Å². The van der Waals surface area contributed by atoms with Crippen molar-refractivity contribution in [3.8, 4) is 0 Å². The first-order valence-electron chi connectivity index (χ1n) is 5.71. The van der Waals surface area contributed by atoms with E-state index in [-0.39, 0.29) is 11.3 Å². The van der Waals surface area contributed by atoms with Crippen LogP contribution in [0.15, 0.2) is 24.4 Å². The molecule has 7 nitrogen and oxygen atoms in total. The molecule has 0 atom stereocenters. The molecule has 0 unspecified atom stereocenters. The number of hydrogen-bond acceptors (Lipinski definition) is 6. The summed E-state index contributed by atoms with van der Waals surface area (Å²) in [5.74, 6) is -0.426. The number of nitro benzene ring substituents is 1. The quantitative estimate of drug-likeness (QED) is 0.667. The van der Waals surface area contributed by atoms with E-state index >= 15 is 0 Å². The molecule has 0 aliphatic rings. The number of amides is 1. The van der Waals surface area contributed by atoms with Crippen molar-refractivity contribution in [3.63, 3.8) is 0 Å². The molecule has 0 saturated heterocycles. The Kier molecular flexibility index (Phi) is 3.94. The minimum atomic E-state index is -0.532. The van der Waals surface area contributed by atoms with Crippen LogP contribution in [-0.4, -0.2) is 22.9 Å². The minimum Gasteiger partial charge on any atom is -0.383 e. The van der Waals surface area contributed by atoms with Gasteiger partial charge >= 0.3 is 0 Å². The fourth-order valence-corrected chi connectivity index (χ4v) is 2.28. The van der Waals surface area contributed by atoms with Crippen LogP contribution in [-0.2, 0) is 0 Å². The summed E-state index contributed by atoms with van der Waals surface area (Å²) in [4.78, 5) is 27.4. The van der Waals surface area contributed by atoms with Crippen LogP contribution >= 0.6 is 11.3 Å². The summed E-state index contributed by atoms with van der Waals surface area (Å²) in [6.07, 6.45) is 1.65. The molecule has 0 bridgehead atoms. The van der Waals surface area contributed by atoms with Gasteiger partial charge in [0.25, 0.3) is 11.6 Å². The van der Waals surface area contributed by atoms with E-state index in [2.05, 4.69) is 15.6 Å². The Hall–Kier alpha value is -2.48. The summed E-state index contributed by atoms with van der Waals surface area (Å²) in [5, 5.41) is 16.7. The fraction of sp³-hybridized carbons (Fsp3) is 0.167. The summed E-state index contributed by atoms with van der Waals surface area (Å²) in [6, 6.07) is 4.26. The number of nitro groups is 1. The number of aryl methyl sites for hydroxylation is 1. The Balaban J connectivity index is 2.26. The maximum Gasteiger partial charge on any atom is 0.293 e. The molecule has 2 rings (SSSR count). The van der Waals surface area contributed by atoms with Gasteiger partial charge in [0.05, 0.1) is 4.92 Å². The highest BCUT2D eigenvalue weighted by Gasteiger charge is 2.17. The van der Waals surface area contributed by atoms with Crippen LogP contribution < -0.4 is 10.6 Å². The number of nitrogens with zero attached hydrogens (tertiary/aromatic N) is 2. The SMILES string of the molecule is CNc1ccc(C(=O)Nc2ncc(C)s2)cc1[N+](=O)[O-]. The van der Waals surface area contributed by atoms with Crippen molar-refractivity contribution in [1.29, 1.82) is 0 Å². The average molecular weight is 292 g/mol. The normalized spacial score (nSPS) is 10.1. The van der Waals surface area contributed by atoms with Crippen LogP contribution in [0.25, 0.3) is 0 Å². The zero-order chi connectivity index (χ0) is 14.7. The van der Waals surface area contributed by atoms with Crippen molar-refractivity contribution >= 4 is 33.8 Å². The second kappa shape index (κ2) is 5.66. The van der Waals surface area contributed by atoms with Gasteiger partial charge in [-0.3, -0.25) is 20.2 Å². The predicted molar refractivity (Wildman–Crippen MR) is 77.4 cm³/mol. The van der Waals surface area contributed by atoms with Gasteiger partial charge in [-0.05, 0) is 19.1 Å². The molecule has 2 N–H and O–H groups in total. The molecule has 1 heterocycles. The first-order valence-corrected chi connectivity index (χ1v) is 6.53. The minimum absolute atomic E-state index is 0.143. The lowest BCUT2D eigenvalue weighted by atomic mass is 10.1. The first kappa shape index (κ1) is 13.9. The van der Waals surface area contributed by atoms with Crippen LogP contribution in [0.5, 0.6) is 0 Å². The molecule has 0 spiro atoms. The third-order valence-corrected chi connectivity index (χ3v) is 3.40. The maximum absolute atomic E-state index is 12.0. The molecular formula is C12H12N4O3S. The number of carbonyl (C=O) groups is 1. The second-order valence-corrected chi connectivity index (χ2v) is 5.20. The van der Waals surface area contributed by atoms with E-state index in [1.807, 2.05) is 6.92 Å². The first-order chi connectivity index (χ1) is 9.51. The Bertz CT molecular complexity index is 668. The number of hydrogen-bond donors (Lipinski definition) is 2. The molecular weight excluding hydrogens is 280 g/mol. The standard InChI is InChI=1S/C12H12N4O3S/c1-7-6-14-12(20-7)15-11(17)8-3-4-9(13-2)10(5-8)16(18)19/h3-6,13H,1-2H3,(H,14,15,17). The third kappa shape index (κ3) is 2.91. The molecule has 1 aromatic heterocycles. The molecule has 0 fully saturated rings. The maximum atomic E-state index is 12.0. The highest BCUT2D eigenvalue weighted by atomic mass is 32.1. The molecule has 0 aliphatic carbocycles. The van der Waals surface area contributed by atoms with E-state index in [9.17, 15) is 14.9 Å². The molecule has 0 saturated carbocycles. The summed E-state index contributed by atoms with van der Waals surface area (Å²) < 4.78 is 0. The molecule has 2 aromatic rings. The van der Waals surface area contributed by atoms with Crippen LogP contribution in [0.1, 0.15) is 15.2 Å². The molecule has 1 aromatic carbocycles. The Morgan fingerprint density at radius 1 is 1.45 bits per heavy atom. The lowest BCUT2D eigenvalue weighted by molar-refractivity contribution is -0.384. The van der Waals surface area contributed by atoms with Gasteiger partial charge in [-0.1, -0.05) is 0 Å². The number of rotatable bonds is 4. The molecule has 0 aliphatic heterocycles. The largest absolute Gasteiger partial charge is 0.383 e. The summed E-state index contributed by atoms with van der Waals surface area (Å²) >= 11 is 1.34. The van der Waals surface area contributed by atoms with Crippen LogP contribution in [0.3, 0.4) is 0 Å². The van der Waals surface area contributed by atoms with Gasteiger partial charge in [0, 0.05) is 29.8 Å². The second-order valence-electron chi connectivity index (χ2n) is 3.97. The third-order valence-electron chi connectivity index (χ3n) is 2.57. The highest BCUT2D eigenvalue weighted by Crippen LogP contribution is 2.26. The predicted octanol–water partition coefficient (Wildman–Crippen LogP) is 2.65. The van der Waals surface area contributed by atoms with Gasteiger partial charge in [0.15, 0.2) is 5.13 Å². The number of nitrogens with one attached hydrogen (secondary N) is 2. The lowest BCUT2D eigenvalue weighted by Crippen LogP contribution is -2.12. The van der Waals surface area contributed by atoms with Gasteiger partial charge in [-0.2, -0.15) is 0 Å². The van der Waals surface area contributed by atoms with Gasteiger partial charge in [0.1, 0.15) is 5.69 Å². The van der Waals surface area contributed by atoms with Crippen molar-refractivity contribution in [2.75, 3.05) is 17.7 Å². The Labute approximate surface area is 118 Å². The van der Waals surface area contributed by atoms with Crippen LogP contribution in [0, 0.1) is 17.0 Å². The van der Waals surface area contributed by atoms with Crippen molar-refractivity contribution in [2.45, 2.75) is 6.92 Å². The summed E-state index contributed by atoms with van der Waals surface area (Å²) in [6.45, 7) is 1.87. The summed E-state index contributed by atoms with van der Waals surface area (Å²) in [7, 11) is 1.58. The fourth-order valence-electron chi connectivity index (χ4n) is 1.62. The number of aromatic nitrogens is 1. The number of benzene rings is 1. The van der Waals surface area contributed by atoms with Crippen molar-refractivity contribution in [1.82, 2.24) is 4.98 Å². The highest BCUT2D eigenvalue weighted by molar-refractivity contribution is 7.15. The average Bonchev–Trinajstić information content (AvgIpc) is 2.83. The smallest absolute Gasteiger partial charge is 0.293 e. The van der Waals surface area contributed by atoms with Gasteiger partial charge in [-0.15, -0.1) is 11.3 Å². The van der Waals surface area contributed by atoms with Crippen LogP contribution in [0.2, 0.25) is 0 Å². The lowest BCUT2D eigenvalue weighted by Gasteiger charge is -2.05. The monoisotopic (exact) mass is 292 g/mol. The molecule has 0 radical (unpaired) electrons. The zero-order valence-electron chi connectivity index (χ0n) is 10.8. The van der Waals surface area contributed by atoms with E-state index in [0.29, 0.717) is 10.8 Å². The number of thiazole rings is 1. The van der Waals surface area contributed by atoms with E-state index in [4.69, 9.17) is 0 Å². The summed E-state index contributed by atoms with van der Waals surface area (Å²) in [5.41, 5.74) is 0.427. The number of carbonyl (C=O) groups excluding carboxylic acids is 1. The van der Waals surface area contributed by atoms with Crippen molar-refractivity contribution < 1.29 is 9.72 Å². The van der Waals surface area contributed by atoms with Crippen molar-refractivity contribution in [2.24, 2.45) is 0 Å². The number of anilines is 2. The molecule has 1 amide bonds. The topological polar surface area (TPSA) is 97.2 Å². The van der Waals surface area contributed by atoms with Gasteiger partial charge in [0.2, 0.25) is 0 Å². The van der Waals surface area contributed by atoms with Crippen molar-refractivity contribution in [3.05, 3.63) is 45.0 Å². The zero-order valence-corrected chi connectivity index (χ0v) is 11.7. The van der Waals surface area contributed by atoms with Gasteiger partial charge in [-0.25, -0.2) is 4.98 Å². The van der Waals surface area contributed by atoms with E-state index in [1.54, 1.807) is 13.2 Å². The molecule has 8 heteroatoms. The Morgan fingerprint density at radius 2 is 2.20 bits per heavy atom. The van der Waals surface area contributed by atoms with Gasteiger partial charge < -0.3 is 5.32 Å². The van der Waals surface area contributed by atoms with E-state index in [0.717, 1.165) is 4.88 Å². The van der Waals surface area contributed by atoms with E-state index < -0.39 is 10.8 Å². The molecule has 104 valence electrons. The Morgan fingerprint density at radius 3 is 2.75 bits per heavy atom. The van der Waals surface area contributed by atoms with Crippen LogP contribution in [0.4, 0.5) is 16.5 Å². The molecule has 20 heavy (non-hydrogen) atoms.